The van der Waals surface area contributed by atoms with Crippen LogP contribution in [0.5, 0.6) is 5.75 Å². The quantitative estimate of drug-likeness (QED) is 0.788. The molecule has 0 bridgehead atoms. The van der Waals surface area contributed by atoms with Gasteiger partial charge < -0.3 is 9.30 Å². The van der Waals surface area contributed by atoms with Crippen molar-refractivity contribution in [2.75, 3.05) is 6.61 Å². The lowest BCUT2D eigenvalue weighted by Gasteiger charge is -2.29. The Balaban J connectivity index is 2.08. The summed E-state index contributed by atoms with van der Waals surface area (Å²) in [6.07, 6.45) is 2.78. The molecule has 0 amide bonds. The number of rotatable bonds is 1. The Kier molecular flexibility index (Phi) is 2.81. The summed E-state index contributed by atoms with van der Waals surface area (Å²) in [5.74, 6) is 2.28. The smallest absolute Gasteiger partial charge is 0.141 e. The van der Waals surface area contributed by atoms with Gasteiger partial charge >= 0.3 is 0 Å². The van der Waals surface area contributed by atoms with Gasteiger partial charge in [0.05, 0.1) is 12.5 Å². The number of para-hydroxylation sites is 1. The van der Waals surface area contributed by atoms with E-state index in [-0.39, 0.29) is 11.5 Å². The monoisotopic (exact) mass is 257 g/mol. The van der Waals surface area contributed by atoms with Crippen molar-refractivity contribution < 1.29 is 4.74 Å². The first-order chi connectivity index (χ1) is 9.07. The molecule has 0 aliphatic carbocycles. The summed E-state index contributed by atoms with van der Waals surface area (Å²) in [4.78, 5) is 0. The summed E-state index contributed by atoms with van der Waals surface area (Å²) in [5, 5.41) is 8.47. The molecule has 0 N–H and O–H groups in total. The molecule has 0 spiro atoms. The summed E-state index contributed by atoms with van der Waals surface area (Å²) >= 11 is 0. The highest BCUT2D eigenvalue weighted by Gasteiger charge is 2.29. The average molecular weight is 257 g/mol. The van der Waals surface area contributed by atoms with Crippen molar-refractivity contribution >= 4 is 0 Å². The van der Waals surface area contributed by atoms with Crippen molar-refractivity contribution in [1.82, 2.24) is 14.8 Å². The zero-order chi connectivity index (χ0) is 13.5. The topological polar surface area (TPSA) is 39.9 Å². The number of fused-ring (bicyclic) bond motifs is 1. The fraction of sp³-hybridized carbons (Fsp3) is 0.467. The second kappa shape index (κ2) is 4.37. The van der Waals surface area contributed by atoms with Crippen LogP contribution in [0, 0.1) is 0 Å². The molecule has 3 rings (SSSR count). The second-order valence-electron chi connectivity index (χ2n) is 5.96. The maximum Gasteiger partial charge on any atom is 0.141 e. The Bertz CT molecular complexity index is 583. The van der Waals surface area contributed by atoms with Crippen molar-refractivity contribution in [3.8, 4) is 5.75 Å². The van der Waals surface area contributed by atoms with Crippen molar-refractivity contribution in [3.05, 3.63) is 42.0 Å². The Morgan fingerprint density at radius 3 is 2.84 bits per heavy atom. The minimum absolute atomic E-state index is 0.00786. The van der Waals surface area contributed by atoms with E-state index in [1.54, 1.807) is 0 Å². The van der Waals surface area contributed by atoms with Gasteiger partial charge in [-0.25, -0.2) is 0 Å². The summed E-state index contributed by atoms with van der Waals surface area (Å²) in [6, 6.07) is 8.22. The van der Waals surface area contributed by atoms with E-state index < -0.39 is 0 Å². The highest BCUT2D eigenvalue weighted by Crippen LogP contribution is 2.38. The lowest BCUT2D eigenvalue weighted by Crippen LogP contribution is -2.27. The van der Waals surface area contributed by atoms with Crippen LogP contribution in [0.15, 0.2) is 30.6 Å². The molecule has 1 aromatic carbocycles. The van der Waals surface area contributed by atoms with Crippen molar-refractivity contribution in [2.45, 2.75) is 38.6 Å². The third kappa shape index (κ3) is 2.11. The Labute approximate surface area is 113 Å². The molecule has 1 aromatic heterocycles. The molecule has 1 aliphatic heterocycles. The van der Waals surface area contributed by atoms with Gasteiger partial charge in [-0.2, -0.15) is 0 Å². The van der Waals surface area contributed by atoms with Crippen LogP contribution in [0.3, 0.4) is 0 Å². The standard InChI is InChI=1S/C15H19N3O/c1-15(2,3)18-10-16-17-14(18)12-8-9-19-13-7-5-4-6-11(12)13/h4-7,10,12H,8-9H2,1-3H3. The van der Waals surface area contributed by atoms with E-state index >= 15 is 0 Å². The first-order valence-electron chi connectivity index (χ1n) is 6.69. The van der Waals surface area contributed by atoms with E-state index in [0.29, 0.717) is 0 Å². The molecule has 2 heterocycles. The van der Waals surface area contributed by atoms with Gasteiger partial charge in [0.1, 0.15) is 17.9 Å². The van der Waals surface area contributed by atoms with Gasteiger partial charge in [0.25, 0.3) is 0 Å². The summed E-state index contributed by atoms with van der Waals surface area (Å²) in [6.45, 7) is 7.25. The molecule has 0 radical (unpaired) electrons. The van der Waals surface area contributed by atoms with Gasteiger partial charge in [0.2, 0.25) is 0 Å². The van der Waals surface area contributed by atoms with E-state index in [0.717, 1.165) is 24.6 Å². The van der Waals surface area contributed by atoms with Crippen LogP contribution in [-0.2, 0) is 5.54 Å². The van der Waals surface area contributed by atoms with E-state index in [2.05, 4.69) is 47.7 Å². The lowest BCUT2D eigenvalue weighted by molar-refractivity contribution is 0.267. The largest absolute Gasteiger partial charge is 0.493 e. The van der Waals surface area contributed by atoms with Gasteiger partial charge in [0, 0.05) is 11.1 Å². The fourth-order valence-corrected chi connectivity index (χ4v) is 2.61. The lowest BCUT2D eigenvalue weighted by atomic mass is 9.91. The molecular formula is C15H19N3O. The maximum absolute atomic E-state index is 5.72. The van der Waals surface area contributed by atoms with Crippen LogP contribution in [0.4, 0.5) is 0 Å². The number of nitrogens with zero attached hydrogens (tertiary/aromatic N) is 3. The Morgan fingerprint density at radius 2 is 2.05 bits per heavy atom. The van der Waals surface area contributed by atoms with Crippen LogP contribution >= 0.6 is 0 Å². The van der Waals surface area contributed by atoms with Crippen LogP contribution < -0.4 is 4.74 Å². The van der Waals surface area contributed by atoms with Gasteiger partial charge in [-0.3, -0.25) is 0 Å². The average Bonchev–Trinajstić information content (AvgIpc) is 2.87. The minimum atomic E-state index is -0.00786. The zero-order valence-electron chi connectivity index (χ0n) is 11.6. The third-order valence-electron chi connectivity index (χ3n) is 3.57. The van der Waals surface area contributed by atoms with Crippen molar-refractivity contribution in [1.29, 1.82) is 0 Å². The Hall–Kier alpha value is -1.84. The second-order valence-corrected chi connectivity index (χ2v) is 5.96. The number of benzene rings is 1. The summed E-state index contributed by atoms with van der Waals surface area (Å²) < 4.78 is 7.89. The van der Waals surface area contributed by atoms with Gasteiger partial charge in [-0.15, -0.1) is 10.2 Å². The molecule has 0 fully saturated rings. The van der Waals surface area contributed by atoms with Crippen molar-refractivity contribution in [2.24, 2.45) is 0 Å². The van der Waals surface area contributed by atoms with E-state index in [1.165, 1.54) is 5.56 Å². The summed E-state index contributed by atoms with van der Waals surface area (Å²) in [7, 11) is 0. The van der Waals surface area contributed by atoms with E-state index in [4.69, 9.17) is 4.74 Å². The van der Waals surface area contributed by atoms with Crippen LogP contribution in [0.2, 0.25) is 0 Å². The molecule has 4 nitrogen and oxygen atoms in total. The molecule has 1 unspecified atom stereocenters. The summed E-state index contributed by atoms with van der Waals surface area (Å²) in [5.41, 5.74) is 1.21. The number of hydrogen-bond acceptors (Lipinski definition) is 3. The van der Waals surface area contributed by atoms with Crippen molar-refractivity contribution in [3.63, 3.8) is 0 Å². The molecular weight excluding hydrogens is 238 g/mol. The highest BCUT2D eigenvalue weighted by molar-refractivity contribution is 5.40. The van der Waals surface area contributed by atoms with Gasteiger partial charge in [-0.05, 0) is 33.3 Å². The first-order valence-corrected chi connectivity index (χ1v) is 6.69. The first kappa shape index (κ1) is 12.2. The third-order valence-corrected chi connectivity index (χ3v) is 3.57. The zero-order valence-corrected chi connectivity index (χ0v) is 11.6. The molecule has 2 aromatic rings. The highest BCUT2D eigenvalue weighted by atomic mass is 16.5. The molecule has 1 aliphatic rings. The minimum Gasteiger partial charge on any atom is -0.493 e. The van der Waals surface area contributed by atoms with Gasteiger partial charge in [-0.1, -0.05) is 18.2 Å². The van der Waals surface area contributed by atoms with E-state index in [1.807, 2.05) is 18.5 Å². The predicted molar refractivity (Wildman–Crippen MR) is 73.4 cm³/mol. The molecule has 4 heteroatoms. The Morgan fingerprint density at radius 1 is 1.26 bits per heavy atom. The molecule has 19 heavy (non-hydrogen) atoms. The maximum atomic E-state index is 5.72. The normalized spacial score (nSPS) is 18.8. The molecule has 0 saturated heterocycles. The SMILES string of the molecule is CC(C)(C)n1cnnc1C1CCOc2ccccc21. The number of aromatic nitrogens is 3. The van der Waals surface area contributed by atoms with Crippen LogP contribution in [-0.4, -0.2) is 21.4 Å². The number of ether oxygens (including phenoxy) is 1. The fourth-order valence-electron chi connectivity index (χ4n) is 2.61. The van der Waals surface area contributed by atoms with E-state index in [9.17, 15) is 0 Å². The molecule has 0 saturated carbocycles. The predicted octanol–water partition coefficient (Wildman–Crippen LogP) is 2.95. The molecule has 100 valence electrons. The number of hydrogen-bond donors (Lipinski definition) is 0. The van der Waals surface area contributed by atoms with Gasteiger partial charge in [0.15, 0.2) is 0 Å². The van der Waals surface area contributed by atoms with Crippen LogP contribution in [0.25, 0.3) is 0 Å². The molecule has 1 atom stereocenters. The van der Waals surface area contributed by atoms with Crippen LogP contribution in [0.1, 0.15) is 44.5 Å².